The van der Waals surface area contributed by atoms with Crippen molar-refractivity contribution < 1.29 is 19.0 Å². The molecule has 0 radical (unpaired) electrons. The molecular formula is C20H34N2O4. The van der Waals surface area contributed by atoms with Crippen molar-refractivity contribution in [3.63, 3.8) is 0 Å². The van der Waals surface area contributed by atoms with E-state index < -0.39 is 5.60 Å². The highest BCUT2D eigenvalue weighted by atomic mass is 16.5. The highest BCUT2D eigenvalue weighted by Gasteiger charge is 2.33. The molecule has 0 bridgehead atoms. The van der Waals surface area contributed by atoms with Gasteiger partial charge in [-0.3, -0.25) is 4.79 Å². The van der Waals surface area contributed by atoms with Crippen molar-refractivity contribution in [2.45, 2.75) is 65.9 Å². The highest BCUT2D eigenvalue weighted by molar-refractivity contribution is 5.97. The summed E-state index contributed by atoms with van der Waals surface area (Å²) < 4.78 is 16.6. The lowest BCUT2D eigenvalue weighted by Gasteiger charge is -2.28. The molecule has 6 heteroatoms. The molecule has 148 valence electrons. The first-order valence-corrected chi connectivity index (χ1v) is 9.60. The fourth-order valence-corrected chi connectivity index (χ4v) is 2.64. The van der Waals surface area contributed by atoms with Gasteiger partial charge in [0, 0.05) is 19.3 Å². The second-order valence-corrected chi connectivity index (χ2v) is 6.40. The molecule has 0 aliphatic carbocycles. The topological polar surface area (TPSA) is 69.7 Å². The van der Waals surface area contributed by atoms with E-state index in [1.807, 2.05) is 33.8 Å². The van der Waals surface area contributed by atoms with E-state index in [1.54, 1.807) is 6.07 Å². The maximum absolute atomic E-state index is 12.8. The number of amides is 1. The molecule has 0 spiro atoms. The first kappa shape index (κ1) is 22.4. The molecule has 1 atom stereocenters. The Morgan fingerprint density at radius 2 is 1.92 bits per heavy atom. The van der Waals surface area contributed by atoms with Crippen LogP contribution in [0.5, 0.6) is 5.88 Å². The lowest BCUT2D eigenvalue weighted by Crippen LogP contribution is -2.43. The van der Waals surface area contributed by atoms with Crippen LogP contribution in [-0.2, 0) is 14.3 Å². The number of ether oxygens (including phenoxy) is 3. The maximum Gasteiger partial charge on any atom is 0.256 e. The van der Waals surface area contributed by atoms with Crippen molar-refractivity contribution >= 4 is 11.6 Å². The summed E-state index contributed by atoms with van der Waals surface area (Å²) in [5, 5.41) is 2.96. The Hall–Kier alpha value is -1.66. The van der Waals surface area contributed by atoms with Gasteiger partial charge in [-0.25, -0.2) is 4.98 Å². The number of rotatable bonds is 13. The van der Waals surface area contributed by atoms with Gasteiger partial charge in [-0.15, -0.1) is 0 Å². The molecule has 0 aromatic carbocycles. The molecule has 0 fully saturated rings. The number of nitrogens with zero attached hydrogens (tertiary/aromatic N) is 1. The van der Waals surface area contributed by atoms with Crippen molar-refractivity contribution in [2.75, 3.05) is 31.7 Å². The molecular weight excluding hydrogens is 332 g/mol. The third kappa shape index (κ3) is 7.30. The molecule has 0 aliphatic rings. The first-order chi connectivity index (χ1) is 12.5. The lowest BCUT2D eigenvalue weighted by molar-refractivity contribution is -0.139. The minimum absolute atomic E-state index is 0.134. The summed E-state index contributed by atoms with van der Waals surface area (Å²) in [5.41, 5.74) is 0.552. The minimum atomic E-state index is -0.830. The number of aromatic nitrogens is 1. The van der Waals surface area contributed by atoms with Crippen molar-refractivity contribution in [1.29, 1.82) is 0 Å². The second kappa shape index (κ2) is 11.9. The third-order valence-corrected chi connectivity index (χ3v) is 4.19. The number of unbranched alkanes of at least 4 members (excludes halogenated alkanes) is 2. The van der Waals surface area contributed by atoms with Gasteiger partial charge in [-0.05, 0) is 40.2 Å². The zero-order valence-corrected chi connectivity index (χ0v) is 16.9. The van der Waals surface area contributed by atoms with Crippen LogP contribution in [0.15, 0.2) is 12.1 Å². The molecule has 0 saturated heterocycles. The number of anilines is 1. The third-order valence-electron chi connectivity index (χ3n) is 4.19. The highest BCUT2D eigenvalue weighted by Crippen LogP contribution is 2.24. The van der Waals surface area contributed by atoms with E-state index in [-0.39, 0.29) is 5.91 Å². The molecule has 0 saturated carbocycles. The average molecular weight is 367 g/mol. The Kier molecular flexibility index (Phi) is 10.2. The van der Waals surface area contributed by atoms with E-state index in [1.165, 1.54) is 0 Å². The monoisotopic (exact) mass is 366 g/mol. The summed E-state index contributed by atoms with van der Waals surface area (Å²) in [4.78, 5) is 17.2. The van der Waals surface area contributed by atoms with Gasteiger partial charge >= 0.3 is 0 Å². The van der Waals surface area contributed by atoms with Crippen molar-refractivity contribution in [3.8, 4) is 5.88 Å². The predicted molar refractivity (Wildman–Crippen MR) is 104 cm³/mol. The Balaban J connectivity index is 2.71. The molecule has 1 aromatic rings. The average Bonchev–Trinajstić information content (AvgIpc) is 2.61. The van der Waals surface area contributed by atoms with E-state index >= 15 is 0 Å². The van der Waals surface area contributed by atoms with Crippen LogP contribution in [0, 0.1) is 6.92 Å². The zero-order valence-electron chi connectivity index (χ0n) is 16.9. The summed E-state index contributed by atoms with van der Waals surface area (Å²) >= 11 is 0. The Morgan fingerprint density at radius 1 is 1.15 bits per heavy atom. The lowest BCUT2D eigenvalue weighted by atomic mass is 9.96. The Labute approximate surface area is 157 Å². The van der Waals surface area contributed by atoms with Gasteiger partial charge in [-0.2, -0.15) is 0 Å². The Bertz CT molecular complexity index is 551. The smallest absolute Gasteiger partial charge is 0.256 e. The summed E-state index contributed by atoms with van der Waals surface area (Å²) in [5.74, 6) is 0.390. The van der Waals surface area contributed by atoms with Crippen molar-refractivity contribution in [1.82, 2.24) is 4.98 Å². The SMILES string of the molecule is CCCCC[C@@](C)(OCC)C(=O)Nc1ccc(OCCOCC)nc1C. The van der Waals surface area contributed by atoms with E-state index in [9.17, 15) is 4.79 Å². The number of pyridine rings is 1. The van der Waals surface area contributed by atoms with Crippen LogP contribution in [0.2, 0.25) is 0 Å². The van der Waals surface area contributed by atoms with E-state index in [2.05, 4.69) is 17.2 Å². The summed E-state index contributed by atoms with van der Waals surface area (Å²) in [7, 11) is 0. The molecule has 1 amide bonds. The van der Waals surface area contributed by atoms with E-state index in [0.29, 0.717) is 50.1 Å². The molecule has 1 heterocycles. The second-order valence-electron chi connectivity index (χ2n) is 6.40. The number of carbonyl (C=O) groups is 1. The van der Waals surface area contributed by atoms with Crippen LogP contribution < -0.4 is 10.1 Å². The largest absolute Gasteiger partial charge is 0.475 e. The first-order valence-electron chi connectivity index (χ1n) is 9.60. The normalized spacial score (nSPS) is 13.3. The van der Waals surface area contributed by atoms with Crippen LogP contribution in [0.1, 0.15) is 59.1 Å². The van der Waals surface area contributed by atoms with Crippen molar-refractivity contribution in [2.24, 2.45) is 0 Å². The van der Waals surface area contributed by atoms with Crippen LogP contribution in [0.4, 0.5) is 5.69 Å². The van der Waals surface area contributed by atoms with Gasteiger partial charge in [0.1, 0.15) is 12.2 Å². The molecule has 1 N–H and O–H groups in total. The number of hydrogen-bond donors (Lipinski definition) is 1. The molecule has 0 unspecified atom stereocenters. The summed E-state index contributed by atoms with van der Waals surface area (Å²) in [6, 6.07) is 3.57. The van der Waals surface area contributed by atoms with E-state index in [0.717, 1.165) is 19.3 Å². The van der Waals surface area contributed by atoms with Crippen LogP contribution in [-0.4, -0.2) is 42.9 Å². The van der Waals surface area contributed by atoms with Gasteiger partial charge < -0.3 is 19.5 Å². The molecule has 6 nitrogen and oxygen atoms in total. The molecule has 0 aliphatic heterocycles. The predicted octanol–water partition coefficient (Wildman–Crippen LogP) is 4.12. The van der Waals surface area contributed by atoms with Crippen LogP contribution >= 0.6 is 0 Å². The number of carbonyl (C=O) groups excluding carboxylic acids is 1. The fourth-order valence-electron chi connectivity index (χ4n) is 2.64. The summed E-state index contributed by atoms with van der Waals surface area (Å²) in [6.45, 7) is 11.8. The molecule has 1 rings (SSSR count). The number of nitrogens with one attached hydrogen (secondary N) is 1. The number of hydrogen-bond acceptors (Lipinski definition) is 5. The van der Waals surface area contributed by atoms with Crippen molar-refractivity contribution in [3.05, 3.63) is 17.8 Å². The maximum atomic E-state index is 12.8. The molecule has 26 heavy (non-hydrogen) atoms. The number of aryl methyl sites for hydroxylation is 1. The van der Waals surface area contributed by atoms with Gasteiger partial charge in [0.05, 0.1) is 18.0 Å². The Morgan fingerprint density at radius 3 is 2.54 bits per heavy atom. The minimum Gasteiger partial charge on any atom is -0.475 e. The summed E-state index contributed by atoms with van der Waals surface area (Å²) in [6.07, 6.45) is 3.86. The molecule has 1 aromatic heterocycles. The van der Waals surface area contributed by atoms with Gasteiger partial charge in [0.25, 0.3) is 5.91 Å². The van der Waals surface area contributed by atoms with E-state index in [4.69, 9.17) is 14.2 Å². The zero-order chi connectivity index (χ0) is 19.4. The quantitative estimate of drug-likeness (QED) is 0.532. The van der Waals surface area contributed by atoms with Gasteiger partial charge in [-0.1, -0.05) is 26.2 Å². The van der Waals surface area contributed by atoms with Crippen LogP contribution in [0.3, 0.4) is 0 Å². The van der Waals surface area contributed by atoms with Gasteiger partial charge in [0.15, 0.2) is 0 Å². The standard InChI is InChI=1S/C20H34N2O4/c1-6-9-10-13-20(5,26-8-3)19(23)22-17-11-12-18(21-16(17)4)25-15-14-24-7-2/h11-12H,6-10,13-15H2,1-5H3,(H,22,23)/t20-/m1/s1. The van der Waals surface area contributed by atoms with Crippen LogP contribution in [0.25, 0.3) is 0 Å². The van der Waals surface area contributed by atoms with Gasteiger partial charge in [0.2, 0.25) is 5.88 Å². The fraction of sp³-hybridized carbons (Fsp3) is 0.700.